The summed E-state index contributed by atoms with van der Waals surface area (Å²) in [5, 5.41) is 11.4. The number of benzene rings is 2. The van der Waals surface area contributed by atoms with E-state index in [0.29, 0.717) is 11.3 Å². The second-order valence-electron chi connectivity index (χ2n) is 4.39. The number of ether oxygens (including phenoxy) is 1. The second-order valence-corrected chi connectivity index (χ2v) is 4.39. The number of hydrogen-bond donors (Lipinski definition) is 0. The van der Waals surface area contributed by atoms with Gasteiger partial charge in [-0.25, -0.2) is 0 Å². The van der Waals surface area contributed by atoms with Gasteiger partial charge in [0.15, 0.2) is 5.78 Å². The molecule has 6 heteroatoms. The van der Waals surface area contributed by atoms with Crippen molar-refractivity contribution in [1.82, 2.24) is 20.2 Å². The van der Waals surface area contributed by atoms with Crippen molar-refractivity contribution in [3.63, 3.8) is 0 Å². The average Bonchev–Trinajstić information content (AvgIpc) is 2.97. The van der Waals surface area contributed by atoms with Gasteiger partial charge in [-0.3, -0.25) is 4.79 Å². The van der Waals surface area contributed by atoms with Gasteiger partial charge in [0.25, 0.3) is 0 Å². The topological polar surface area (TPSA) is 69.9 Å². The van der Waals surface area contributed by atoms with Crippen molar-refractivity contribution in [2.75, 3.05) is 0 Å². The number of carbonyl (C=O) groups excluding carboxylic acids is 1. The van der Waals surface area contributed by atoms with Gasteiger partial charge in [0.1, 0.15) is 5.75 Å². The van der Waals surface area contributed by atoms with Crippen LogP contribution in [0.5, 0.6) is 11.8 Å². The number of rotatable bonds is 4. The molecule has 6 nitrogen and oxygen atoms in total. The largest absolute Gasteiger partial charge is 0.423 e. The number of nitrogens with zero attached hydrogens (tertiary/aromatic N) is 4. The van der Waals surface area contributed by atoms with Crippen molar-refractivity contribution in [1.29, 1.82) is 0 Å². The van der Waals surface area contributed by atoms with Crippen molar-refractivity contribution in [2.24, 2.45) is 0 Å². The third-order valence-corrected chi connectivity index (χ3v) is 2.91. The Morgan fingerprint density at radius 1 is 1.05 bits per heavy atom. The maximum absolute atomic E-state index is 11.2. The Morgan fingerprint density at radius 3 is 2.43 bits per heavy atom. The highest BCUT2D eigenvalue weighted by Gasteiger charge is 2.10. The Hall–Kier alpha value is -3.02. The maximum Gasteiger partial charge on any atom is 0.345 e. The number of ketones is 1. The average molecular weight is 280 g/mol. The van der Waals surface area contributed by atoms with Crippen LogP contribution in [0.2, 0.25) is 0 Å². The lowest BCUT2D eigenvalue weighted by molar-refractivity contribution is 0.101. The molecule has 0 saturated heterocycles. The lowest BCUT2D eigenvalue weighted by Crippen LogP contribution is -2.00. The van der Waals surface area contributed by atoms with Crippen LogP contribution >= 0.6 is 0 Å². The van der Waals surface area contributed by atoms with E-state index in [9.17, 15) is 4.79 Å². The lowest BCUT2D eigenvalue weighted by atomic mass is 10.1. The Kier molecular flexibility index (Phi) is 3.42. The van der Waals surface area contributed by atoms with Crippen LogP contribution in [-0.4, -0.2) is 26.0 Å². The first-order chi connectivity index (χ1) is 10.2. The Labute approximate surface area is 121 Å². The van der Waals surface area contributed by atoms with Crippen molar-refractivity contribution in [3.05, 3.63) is 60.2 Å². The van der Waals surface area contributed by atoms with Gasteiger partial charge in [0.05, 0.1) is 5.69 Å². The number of aromatic nitrogens is 4. The Morgan fingerprint density at radius 2 is 1.76 bits per heavy atom. The highest BCUT2D eigenvalue weighted by Crippen LogP contribution is 2.21. The quantitative estimate of drug-likeness (QED) is 0.687. The van der Waals surface area contributed by atoms with Gasteiger partial charge in [-0.1, -0.05) is 23.3 Å². The lowest BCUT2D eigenvalue weighted by Gasteiger charge is -2.06. The highest BCUT2D eigenvalue weighted by molar-refractivity contribution is 5.94. The van der Waals surface area contributed by atoms with Crippen molar-refractivity contribution in [2.45, 2.75) is 6.92 Å². The van der Waals surface area contributed by atoms with Gasteiger partial charge >= 0.3 is 6.01 Å². The molecule has 0 spiro atoms. The molecule has 2 aromatic carbocycles. The minimum absolute atomic E-state index is 0.00988. The number of Topliss-reactive ketones (excluding diaryl/α,β-unsaturated/α-hetero) is 1. The maximum atomic E-state index is 11.2. The molecule has 0 aliphatic heterocycles. The van der Waals surface area contributed by atoms with E-state index in [1.165, 1.54) is 11.6 Å². The van der Waals surface area contributed by atoms with Crippen LogP contribution in [0.3, 0.4) is 0 Å². The SMILES string of the molecule is CC(=O)c1ccc(Oc2nnnn2-c2ccccc2)cc1. The summed E-state index contributed by atoms with van der Waals surface area (Å²) in [6.45, 7) is 1.52. The molecule has 0 aliphatic carbocycles. The predicted octanol–water partition coefficient (Wildman–Crippen LogP) is 2.66. The van der Waals surface area contributed by atoms with Crippen LogP contribution < -0.4 is 4.74 Å². The zero-order valence-corrected chi connectivity index (χ0v) is 11.3. The molecule has 0 N–H and O–H groups in total. The summed E-state index contributed by atoms with van der Waals surface area (Å²) in [6.07, 6.45) is 0. The second kappa shape index (κ2) is 5.54. The minimum atomic E-state index is 0.00988. The van der Waals surface area contributed by atoms with E-state index >= 15 is 0 Å². The van der Waals surface area contributed by atoms with Gasteiger partial charge in [-0.15, -0.1) is 0 Å². The molecule has 21 heavy (non-hydrogen) atoms. The van der Waals surface area contributed by atoms with E-state index in [0.717, 1.165) is 5.69 Å². The van der Waals surface area contributed by atoms with E-state index in [1.807, 2.05) is 30.3 Å². The van der Waals surface area contributed by atoms with Gasteiger partial charge in [0.2, 0.25) is 0 Å². The van der Waals surface area contributed by atoms with Gasteiger partial charge in [0, 0.05) is 5.56 Å². The van der Waals surface area contributed by atoms with E-state index in [-0.39, 0.29) is 11.8 Å². The number of hydrogen-bond acceptors (Lipinski definition) is 5. The highest BCUT2D eigenvalue weighted by atomic mass is 16.5. The van der Waals surface area contributed by atoms with Crippen molar-refractivity contribution in [3.8, 4) is 17.4 Å². The first-order valence-electron chi connectivity index (χ1n) is 6.37. The molecule has 0 atom stereocenters. The van der Waals surface area contributed by atoms with Crippen LogP contribution in [0, 0.1) is 0 Å². The summed E-state index contributed by atoms with van der Waals surface area (Å²) in [6, 6.07) is 16.5. The monoisotopic (exact) mass is 280 g/mol. The molecule has 0 aliphatic rings. The summed E-state index contributed by atoms with van der Waals surface area (Å²) in [5.41, 5.74) is 1.43. The molecule has 0 amide bonds. The Bertz CT molecular complexity index is 751. The fraction of sp³-hybridized carbons (Fsp3) is 0.0667. The molecule has 3 rings (SSSR count). The predicted molar refractivity (Wildman–Crippen MR) is 75.7 cm³/mol. The van der Waals surface area contributed by atoms with E-state index in [1.54, 1.807) is 24.3 Å². The molecule has 0 unspecified atom stereocenters. The standard InChI is InChI=1S/C15H12N4O2/c1-11(20)12-7-9-14(10-8-12)21-15-16-17-18-19(15)13-5-3-2-4-6-13/h2-10H,1H3. The summed E-state index contributed by atoms with van der Waals surface area (Å²) in [4.78, 5) is 11.2. The van der Waals surface area contributed by atoms with E-state index in [2.05, 4.69) is 15.5 Å². The third-order valence-electron chi connectivity index (χ3n) is 2.91. The van der Waals surface area contributed by atoms with Gasteiger partial charge in [-0.05, 0) is 53.7 Å². The molecule has 1 aromatic heterocycles. The van der Waals surface area contributed by atoms with Gasteiger partial charge in [-0.2, -0.15) is 4.68 Å². The fourth-order valence-electron chi connectivity index (χ4n) is 1.84. The number of para-hydroxylation sites is 1. The smallest absolute Gasteiger partial charge is 0.345 e. The first kappa shape index (κ1) is 13.0. The van der Waals surface area contributed by atoms with E-state index in [4.69, 9.17) is 4.74 Å². The molecule has 104 valence electrons. The minimum Gasteiger partial charge on any atom is -0.423 e. The molecule has 3 aromatic rings. The van der Waals surface area contributed by atoms with Crippen LogP contribution in [0.15, 0.2) is 54.6 Å². The van der Waals surface area contributed by atoms with Crippen LogP contribution in [0.1, 0.15) is 17.3 Å². The zero-order valence-electron chi connectivity index (χ0n) is 11.3. The van der Waals surface area contributed by atoms with Gasteiger partial charge < -0.3 is 4.74 Å². The van der Waals surface area contributed by atoms with Crippen LogP contribution in [-0.2, 0) is 0 Å². The summed E-state index contributed by atoms with van der Waals surface area (Å²) < 4.78 is 7.15. The normalized spacial score (nSPS) is 10.3. The molecule has 0 bridgehead atoms. The summed E-state index contributed by atoms with van der Waals surface area (Å²) >= 11 is 0. The number of carbonyl (C=O) groups is 1. The number of tetrazole rings is 1. The van der Waals surface area contributed by atoms with Crippen LogP contribution in [0.4, 0.5) is 0 Å². The molecule has 0 radical (unpaired) electrons. The molecule has 1 heterocycles. The van der Waals surface area contributed by atoms with Crippen molar-refractivity contribution >= 4 is 5.78 Å². The molecular weight excluding hydrogens is 268 g/mol. The Balaban J connectivity index is 1.86. The van der Waals surface area contributed by atoms with E-state index < -0.39 is 0 Å². The molecule has 0 saturated carbocycles. The molecular formula is C15H12N4O2. The summed E-state index contributed by atoms with van der Waals surface area (Å²) in [7, 11) is 0. The molecule has 0 fully saturated rings. The third kappa shape index (κ3) is 2.79. The van der Waals surface area contributed by atoms with Crippen molar-refractivity contribution < 1.29 is 9.53 Å². The first-order valence-corrected chi connectivity index (χ1v) is 6.37. The fourth-order valence-corrected chi connectivity index (χ4v) is 1.84. The summed E-state index contributed by atoms with van der Waals surface area (Å²) in [5.74, 6) is 0.572. The zero-order chi connectivity index (χ0) is 14.7. The van der Waals surface area contributed by atoms with Crippen LogP contribution in [0.25, 0.3) is 5.69 Å².